The summed E-state index contributed by atoms with van der Waals surface area (Å²) in [6.45, 7) is 1.09. The minimum absolute atomic E-state index is 0.130. The Hall–Kier alpha value is -1.69. The number of aliphatic hydroxyl groups excluding tert-OH is 1. The van der Waals surface area contributed by atoms with Gasteiger partial charge in [-0.1, -0.05) is 0 Å². The van der Waals surface area contributed by atoms with Gasteiger partial charge in [0.05, 0.1) is 5.69 Å². The topological polar surface area (TPSA) is 79.5 Å². The molecule has 1 unspecified atom stereocenters. The largest absolute Gasteiger partial charge is 0.396 e. The monoisotopic (exact) mass is 251 g/mol. The van der Waals surface area contributed by atoms with Gasteiger partial charge in [0.1, 0.15) is 0 Å². The van der Waals surface area contributed by atoms with Crippen molar-refractivity contribution >= 4 is 11.5 Å². The average molecular weight is 251 g/mol. The molecule has 2 heterocycles. The second-order valence-electron chi connectivity index (χ2n) is 4.49. The van der Waals surface area contributed by atoms with Gasteiger partial charge in [-0.15, -0.1) is 0 Å². The average Bonchev–Trinajstić information content (AvgIpc) is 2.40. The van der Waals surface area contributed by atoms with E-state index in [9.17, 15) is 10.1 Å². The van der Waals surface area contributed by atoms with Crippen LogP contribution in [-0.4, -0.2) is 34.2 Å². The van der Waals surface area contributed by atoms with Crippen LogP contribution in [0.25, 0.3) is 0 Å². The van der Waals surface area contributed by atoms with E-state index in [1.807, 2.05) is 0 Å². The summed E-state index contributed by atoms with van der Waals surface area (Å²) < 4.78 is 0. The lowest BCUT2D eigenvalue weighted by molar-refractivity contribution is -0.389. The van der Waals surface area contributed by atoms with Crippen molar-refractivity contribution in [1.82, 2.24) is 4.98 Å². The van der Waals surface area contributed by atoms with Crippen LogP contribution < -0.4 is 4.90 Å². The molecule has 2 rings (SSSR count). The van der Waals surface area contributed by atoms with Gasteiger partial charge >= 0.3 is 5.82 Å². The third-order valence-corrected chi connectivity index (χ3v) is 3.34. The lowest BCUT2D eigenvalue weighted by atomic mass is 9.99. The summed E-state index contributed by atoms with van der Waals surface area (Å²) in [7, 11) is 0. The van der Waals surface area contributed by atoms with Crippen molar-refractivity contribution < 1.29 is 10.0 Å². The van der Waals surface area contributed by atoms with Gasteiger partial charge in [-0.3, -0.25) is 0 Å². The Morgan fingerprint density at radius 3 is 2.94 bits per heavy atom. The number of piperidine rings is 1. The fourth-order valence-corrected chi connectivity index (χ4v) is 2.45. The third kappa shape index (κ3) is 2.76. The van der Waals surface area contributed by atoms with Crippen molar-refractivity contribution in [2.24, 2.45) is 0 Å². The number of pyridine rings is 1. The minimum atomic E-state index is -0.495. The van der Waals surface area contributed by atoms with Gasteiger partial charge in [0.25, 0.3) is 0 Å². The number of nitrogens with zero attached hydrogens (tertiary/aromatic N) is 3. The molecule has 1 saturated heterocycles. The first-order chi connectivity index (χ1) is 8.72. The first kappa shape index (κ1) is 12.8. The molecular weight excluding hydrogens is 234 g/mol. The SMILES string of the molecule is O=[N+]([O-])c1ccc(N2CCCCC2CCO)cn1. The third-order valence-electron chi connectivity index (χ3n) is 3.34. The van der Waals surface area contributed by atoms with Crippen LogP contribution >= 0.6 is 0 Å². The maximum atomic E-state index is 10.6. The number of anilines is 1. The van der Waals surface area contributed by atoms with Gasteiger partial charge in [0.15, 0.2) is 6.20 Å². The molecule has 0 radical (unpaired) electrons. The fourth-order valence-electron chi connectivity index (χ4n) is 2.45. The molecule has 1 aromatic rings. The molecule has 1 N–H and O–H groups in total. The summed E-state index contributed by atoms with van der Waals surface area (Å²) >= 11 is 0. The quantitative estimate of drug-likeness (QED) is 0.651. The number of hydrogen-bond acceptors (Lipinski definition) is 5. The highest BCUT2D eigenvalue weighted by Crippen LogP contribution is 2.26. The van der Waals surface area contributed by atoms with Crippen molar-refractivity contribution in [2.45, 2.75) is 31.7 Å². The molecule has 1 aliphatic heterocycles. The first-order valence-corrected chi connectivity index (χ1v) is 6.20. The molecule has 0 saturated carbocycles. The van der Waals surface area contributed by atoms with Crippen LogP contribution in [0.5, 0.6) is 0 Å². The molecule has 6 heteroatoms. The number of hydrogen-bond donors (Lipinski definition) is 1. The smallest absolute Gasteiger partial charge is 0.363 e. The zero-order valence-electron chi connectivity index (χ0n) is 10.2. The Morgan fingerprint density at radius 1 is 1.50 bits per heavy atom. The van der Waals surface area contributed by atoms with Crippen LogP contribution in [0.3, 0.4) is 0 Å². The van der Waals surface area contributed by atoms with Crippen molar-refractivity contribution in [3.63, 3.8) is 0 Å². The molecule has 6 nitrogen and oxygen atoms in total. The Bertz CT molecular complexity index is 406. The summed E-state index contributed by atoms with van der Waals surface area (Å²) in [5, 5.41) is 19.6. The molecule has 1 aliphatic rings. The molecule has 0 spiro atoms. The van der Waals surface area contributed by atoms with Crippen molar-refractivity contribution in [1.29, 1.82) is 0 Å². The molecular formula is C12H17N3O3. The summed E-state index contributed by atoms with van der Waals surface area (Å²) in [4.78, 5) is 16.1. The van der Waals surface area contributed by atoms with Crippen LogP contribution in [0.1, 0.15) is 25.7 Å². The normalized spacial score (nSPS) is 19.8. The standard InChI is InChI=1S/C12H17N3O3/c16-8-6-10-3-1-2-7-14(10)11-4-5-12(13-9-11)15(17)18/h4-5,9-10,16H,1-3,6-8H2. The van der Waals surface area contributed by atoms with E-state index in [2.05, 4.69) is 9.88 Å². The molecule has 98 valence electrons. The Kier molecular flexibility index (Phi) is 4.09. The number of nitro groups is 1. The number of aliphatic hydroxyl groups is 1. The maximum Gasteiger partial charge on any atom is 0.363 e. The molecule has 1 atom stereocenters. The van der Waals surface area contributed by atoms with E-state index in [-0.39, 0.29) is 12.4 Å². The first-order valence-electron chi connectivity index (χ1n) is 6.20. The number of rotatable bonds is 4. The van der Waals surface area contributed by atoms with E-state index in [0.717, 1.165) is 31.5 Å². The summed E-state index contributed by atoms with van der Waals surface area (Å²) in [6, 6.07) is 3.48. The maximum absolute atomic E-state index is 10.6. The van der Waals surface area contributed by atoms with Crippen LogP contribution in [0, 0.1) is 10.1 Å². The zero-order valence-corrected chi connectivity index (χ0v) is 10.2. The Labute approximate surface area is 105 Å². The molecule has 0 aliphatic carbocycles. The molecule has 1 fully saturated rings. The highest BCUT2D eigenvalue weighted by molar-refractivity contribution is 5.47. The van der Waals surface area contributed by atoms with E-state index >= 15 is 0 Å². The fraction of sp³-hybridized carbons (Fsp3) is 0.583. The van der Waals surface area contributed by atoms with Gasteiger partial charge in [0, 0.05) is 25.3 Å². The second kappa shape index (κ2) is 5.77. The van der Waals surface area contributed by atoms with Gasteiger partial charge < -0.3 is 20.1 Å². The van der Waals surface area contributed by atoms with E-state index in [0.29, 0.717) is 6.04 Å². The lowest BCUT2D eigenvalue weighted by Crippen LogP contribution is -2.40. The van der Waals surface area contributed by atoms with Crippen LogP contribution in [-0.2, 0) is 0 Å². The van der Waals surface area contributed by atoms with Gasteiger partial charge in [-0.25, -0.2) is 0 Å². The highest BCUT2D eigenvalue weighted by atomic mass is 16.6. The summed E-state index contributed by atoms with van der Waals surface area (Å²) in [6.07, 6.45) is 5.61. The van der Waals surface area contributed by atoms with E-state index in [1.54, 1.807) is 12.3 Å². The van der Waals surface area contributed by atoms with Crippen molar-refractivity contribution in [2.75, 3.05) is 18.1 Å². The molecule has 18 heavy (non-hydrogen) atoms. The Morgan fingerprint density at radius 2 is 2.33 bits per heavy atom. The molecule has 0 aromatic carbocycles. The summed E-state index contributed by atoms with van der Waals surface area (Å²) in [5.41, 5.74) is 0.902. The van der Waals surface area contributed by atoms with Crippen molar-refractivity contribution in [3.8, 4) is 0 Å². The van der Waals surface area contributed by atoms with E-state index in [4.69, 9.17) is 5.11 Å². The Balaban J connectivity index is 2.15. The predicted octanol–water partition coefficient (Wildman–Crippen LogP) is 1.73. The summed E-state index contributed by atoms with van der Waals surface area (Å²) in [5.74, 6) is -0.130. The van der Waals surface area contributed by atoms with E-state index in [1.165, 1.54) is 12.5 Å². The lowest BCUT2D eigenvalue weighted by Gasteiger charge is -2.36. The van der Waals surface area contributed by atoms with Gasteiger partial charge in [0.2, 0.25) is 0 Å². The van der Waals surface area contributed by atoms with Gasteiger partial charge in [-0.2, -0.15) is 0 Å². The molecule has 0 bridgehead atoms. The molecule has 0 amide bonds. The van der Waals surface area contributed by atoms with E-state index < -0.39 is 4.92 Å². The molecule has 1 aromatic heterocycles. The minimum Gasteiger partial charge on any atom is -0.396 e. The second-order valence-corrected chi connectivity index (χ2v) is 4.49. The van der Waals surface area contributed by atoms with Gasteiger partial charge in [-0.05, 0) is 41.7 Å². The van der Waals surface area contributed by atoms with Crippen LogP contribution in [0.4, 0.5) is 11.5 Å². The van der Waals surface area contributed by atoms with Crippen molar-refractivity contribution in [3.05, 3.63) is 28.4 Å². The zero-order chi connectivity index (χ0) is 13.0. The highest BCUT2D eigenvalue weighted by Gasteiger charge is 2.23. The van der Waals surface area contributed by atoms with Crippen LogP contribution in [0.15, 0.2) is 18.3 Å². The number of aromatic nitrogens is 1. The van der Waals surface area contributed by atoms with Crippen LogP contribution in [0.2, 0.25) is 0 Å². The predicted molar refractivity (Wildman–Crippen MR) is 67.6 cm³/mol.